The van der Waals surface area contributed by atoms with Gasteiger partial charge in [-0.2, -0.15) is 0 Å². The Labute approximate surface area is 153 Å². The number of carbonyl (C=O) groups excluding carboxylic acids is 1. The summed E-state index contributed by atoms with van der Waals surface area (Å²) in [6.07, 6.45) is -0.249. The summed E-state index contributed by atoms with van der Waals surface area (Å²) in [4.78, 5) is 14.2. The van der Waals surface area contributed by atoms with Gasteiger partial charge in [-0.15, -0.1) is 0 Å². The minimum absolute atomic E-state index is 0.123. The molecule has 132 valence electrons. The van der Waals surface area contributed by atoms with Crippen LogP contribution in [-0.2, 0) is 11.3 Å². The molecule has 4 rings (SSSR count). The summed E-state index contributed by atoms with van der Waals surface area (Å²) < 4.78 is 5.48. The van der Waals surface area contributed by atoms with Gasteiger partial charge in [0.25, 0.3) is 0 Å². The summed E-state index contributed by atoms with van der Waals surface area (Å²) in [7, 11) is 0. The smallest absolute Gasteiger partial charge is 0.410 e. The van der Waals surface area contributed by atoms with Crippen LogP contribution >= 0.6 is 0 Å². The fraction of sp³-hybridized carbons (Fsp3) is 0.227. The lowest BCUT2D eigenvalue weighted by Gasteiger charge is -2.33. The molecule has 1 fully saturated rings. The molecule has 0 aliphatic carbocycles. The third kappa shape index (κ3) is 3.70. The lowest BCUT2D eigenvalue weighted by atomic mass is 10.0. The number of benzene rings is 3. The molecule has 0 bridgehead atoms. The van der Waals surface area contributed by atoms with Gasteiger partial charge in [0.2, 0.25) is 0 Å². The molecule has 0 spiro atoms. The zero-order valence-electron chi connectivity index (χ0n) is 14.6. The third-order valence-electron chi connectivity index (χ3n) is 4.81. The lowest BCUT2D eigenvalue weighted by molar-refractivity contribution is 0.0850. The van der Waals surface area contributed by atoms with E-state index in [1.807, 2.05) is 42.5 Å². The molecule has 4 nitrogen and oxygen atoms in total. The molecule has 1 aliphatic rings. The molecule has 1 atom stereocenters. The number of piperazine rings is 1. The van der Waals surface area contributed by atoms with Crippen molar-refractivity contribution < 1.29 is 9.53 Å². The minimum atomic E-state index is -0.249. The maximum Gasteiger partial charge on any atom is 0.410 e. The molecule has 0 radical (unpaired) electrons. The molecule has 1 unspecified atom stereocenters. The molecule has 4 heteroatoms. The van der Waals surface area contributed by atoms with Gasteiger partial charge < -0.3 is 15.0 Å². The van der Waals surface area contributed by atoms with Crippen molar-refractivity contribution in [1.82, 2.24) is 10.2 Å². The number of fused-ring (bicyclic) bond motifs is 1. The topological polar surface area (TPSA) is 41.6 Å². The van der Waals surface area contributed by atoms with E-state index in [-0.39, 0.29) is 12.1 Å². The van der Waals surface area contributed by atoms with Crippen LogP contribution in [0.25, 0.3) is 10.8 Å². The average molecular weight is 346 g/mol. The van der Waals surface area contributed by atoms with Crippen LogP contribution in [-0.4, -0.2) is 30.6 Å². The first-order valence-corrected chi connectivity index (χ1v) is 8.97. The summed E-state index contributed by atoms with van der Waals surface area (Å²) >= 11 is 0. The normalized spacial score (nSPS) is 17.2. The Hall–Kier alpha value is -2.85. The summed E-state index contributed by atoms with van der Waals surface area (Å²) in [5, 5.41) is 5.96. The molecular weight excluding hydrogens is 324 g/mol. The predicted molar refractivity (Wildman–Crippen MR) is 103 cm³/mol. The maximum absolute atomic E-state index is 12.4. The van der Waals surface area contributed by atoms with E-state index < -0.39 is 0 Å². The van der Waals surface area contributed by atoms with E-state index in [0.717, 1.165) is 12.1 Å². The van der Waals surface area contributed by atoms with E-state index in [1.54, 1.807) is 4.90 Å². The second kappa shape index (κ2) is 7.58. The molecule has 1 heterocycles. The van der Waals surface area contributed by atoms with E-state index in [2.05, 4.69) is 35.6 Å². The predicted octanol–water partition coefficient (Wildman–Crippen LogP) is 4.12. The first-order chi connectivity index (χ1) is 12.8. The number of nitrogens with one attached hydrogen (secondary N) is 1. The summed E-state index contributed by atoms with van der Waals surface area (Å²) in [5.41, 5.74) is 2.20. The number of hydrogen-bond donors (Lipinski definition) is 1. The number of ether oxygens (including phenoxy) is 1. The van der Waals surface area contributed by atoms with Gasteiger partial charge in [0, 0.05) is 19.6 Å². The van der Waals surface area contributed by atoms with E-state index >= 15 is 0 Å². The van der Waals surface area contributed by atoms with Gasteiger partial charge in [-0.05, 0) is 28.0 Å². The molecule has 3 aromatic rings. The van der Waals surface area contributed by atoms with Crippen molar-refractivity contribution >= 4 is 16.9 Å². The van der Waals surface area contributed by atoms with Crippen LogP contribution in [0.4, 0.5) is 4.79 Å². The van der Waals surface area contributed by atoms with Crippen molar-refractivity contribution in [2.75, 3.05) is 19.6 Å². The maximum atomic E-state index is 12.4. The van der Waals surface area contributed by atoms with E-state index in [1.165, 1.54) is 16.3 Å². The standard InChI is InChI=1S/C22H22N2O2/c25-22(26-16-17-6-2-1-3-7-17)24-13-12-23-21(15-24)20-11-10-18-8-4-5-9-19(18)14-20/h1-11,14,21,23H,12-13,15-16H2. The molecule has 0 saturated carbocycles. The van der Waals surface area contributed by atoms with Crippen LogP contribution in [0.15, 0.2) is 72.8 Å². The zero-order chi connectivity index (χ0) is 17.8. The van der Waals surface area contributed by atoms with E-state index in [4.69, 9.17) is 4.74 Å². The summed E-state index contributed by atoms with van der Waals surface area (Å²) in [5.74, 6) is 0. The molecule has 1 saturated heterocycles. The van der Waals surface area contributed by atoms with Gasteiger partial charge in [0.15, 0.2) is 0 Å². The zero-order valence-corrected chi connectivity index (χ0v) is 14.6. The van der Waals surface area contributed by atoms with Gasteiger partial charge in [-0.3, -0.25) is 0 Å². The first kappa shape index (κ1) is 16.6. The molecular formula is C22H22N2O2. The van der Waals surface area contributed by atoms with E-state index in [0.29, 0.717) is 19.7 Å². The van der Waals surface area contributed by atoms with Crippen molar-refractivity contribution in [2.45, 2.75) is 12.6 Å². The van der Waals surface area contributed by atoms with Gasteiger partial charge in [0.05, 0.1) is 6.04 Å². The van der Waals surface area contributed by atoms with Crippen molar-refractivity contribution in [2.24, 2.45) is 0 Å². The molecule has 0 aromatic heterocycles. The van der Waals surface area contributed by atoms with Gasteiger partial charge >= 0.3 is 6.09 Å². The lowest BCUT2D eigenvalue weighted by Crippen LogP contribution is -2.48. The molecule has 3 aromatic carbocycles. The third-order valence-corrected chi connectivity index (χ3v) is 4.81. The van der Waals surface area contributed by atoms with Crippen LogP contribution in [0.5, 0.6) is 0 Å². The Morgan fingerprint density at radius 2 is 1.77 bits per heavy atom. The van der Waals surface area contributed by atoms with E-state index in [9.17, 15) is 4.79 Å². The largest absolute Gasteiger partial charge is 0.445 e. The van der Waals surface area contributed by atoms with Gasteiger partial charge in [-0.25, -0.2) is 4.79 Å². The Kier molecular flexibility index (Phi) is 4.84. The number of nitrogens with zero attached hydrogens (tertiary/aromatic N) is 1. The second-order valence-electron chi connectivity index (χ2n) is 6.60. The second-order valence-corrected chi connectivity index (χ2v) is 6.60. The monoisotopic (exact) mass is 346 g/mol. The Morgan fingerprint density at radius 3 is 2.62 bits per heavy atom. The highest BCUT2D eigenvalue weighted by Crippen LogP contribution is 2.23. The van der Waals surface area contributed by atoms with Crippen molar-refractivity contribution in [3.8, 4) is 0 Å². The average Bonchev–Trinajstić information content (AvgIpc) is 2.72. The molecule has 26 heavy (non-hydrogen) atoms. The molecule has 1 amide bonds. The SMILES string of the molecule is O=C(OCc1ccccc1)N1CCNC(c2ccc3ccccc3c2)C1. The highest BCUT2D eigenvalue weighted by molar-refractivity contribution is 5.83. The van der Waals surface area contributed by atoms with Crippen molar-refractivity contribution in [3.05, 3.63) is 83.9 Å². The minimum Gasteiger partial charge on any atom is -0.445 e. The van der Waals surface area contributed by atoms with Crippen LogP contribution in [0.2, 0.25) is 0 Å². The summed E-state index contributed by atoms with van der Waals surface area (Å²) in [6.45, 7) is 2.35. The van der Waals surface area contributed by atoms with Crippen LogP contribution < -0.4 is 5.32 Å². The highest BCUT2D eigenvalue weighted by atomic mass is 16.6. The Balaban J connectivity index is 1.42. The van der Waals surface area contributed by atoms with Crippen LogP contribution in [0, 0.1) is 0 Å². The number of amides is 1. The number of hydrogen-bond acceptors (Lipinski definition) is 3. The fourth-order valence-corrected chi connectivity index (χ4v) is 3.37. The number of carbonyl (C=O) groups is 1. The van der Waals surface area contributed by atoms with Crippen LogP contribution in [0.1, 0.15) is 17.2 Å². The number of rotatable bonds is 3. The van der Waals surface area contributed by atoms with Gasteiger partial charge in [-0.1, -0.05) is 66.7 Å². The first-order valence-electron chi connectivity index (χ1n) is 8.97. The highest BCUT2D eigenvalue weighted by Gasteiger charge is 2.25. The Bertz CT molecular complexity index is 895. The van der Waals surface area contributed by atoms with Crippen molar-refractivity contribution in [1.29, 1.82) is 0 Å². The Morgan fingerprint density at radius 1 is 1.00 bits per heavy atom. The fourth-order valence-electron chi connectivity index (χ4n) is 3.37. The van der Waals surface area contributed by atoms with Crippen LogP contribution in [0.3, 0.4) is 0 Å². The molecule has 1 aliphatic heterocycles. The summed E-state index contributed by atoms with van der Waals surface area (Å²) in [6, 6.07) is 24.7. The molecule has 1 N–H and O–H groups in total. The van der Waals surface area contributed by atoms with Crippen molar-refractivity contribution in [3.63, 3.8) is 0 Å². The quantitative estimate of drug-likeness (QED) is 0.775. The van der Waals surface area contributed by atoms with Gasteiger partial charge in [0.1, 0.15) is 6.61 Å².